The Morgan fingerprint density at radius 2 is 0.615 bits per heavy atom. The first kappa shape index (κ1) is 95.6. The normalized spacial score (nSPS) is 14.3. The lowest BCUT2D eigenvalue weighted by Gasteiger charge is -2.33. The highest BCUT2D eigenvalue weighted by atomic mass is 35.5. The molecule has 650 valence electrons. The van der Waals surface area contributed by atoms with E-state index in [9.17, 15) is 59.5 Å². The molecule has 24 heteroatoms. The van der Waals surface area contributed by atoms with E-state index in [4.69, 9.17) is 23.2 Å². The Hall–Kier alpha value is -10.2. The van der Waals surface area contributed by atoms with Gasteiger partial charge in [-0.05, 0) is 306 Å². The summed E-state index contributed by atoms with van der Waals surface area (Å²) < 4.78 is 97.4. The molecule has 9 aromatic rings. The molecule has 0 unspecified atom stereocenters. The zero-order valence-corrected chi connectivity index (χ0v) is 71.2. The number of aryl methyl sites for hydroxylation is 1. The van der Waals surface area contributed by atoms with Gasteiger partial charge in [0.15, 0.2) is 0 Å². The van der Waals surface area contributed by atoms with Crippen LogP contribution < -0.4 is 31.9 Å². The fraction of sp³-hybridized carbons (Fsp3) is 0.388. The number of nitrogens with one attached hydrogen (secondary N) is 6. The maximum absolute atomic E-state index is 14.6. The van der Waals surface area contributed by atoms with E-state index in [-0.39, 0.29) is 95.6 Å². The van der Waals surface area contributed by atoms with Crippen LogP contribution in [-0.4, -0.2) is 129 Å². The fourth-order valence-electron chi connectivity index (χ4n) is 15.6. The van der Waals surface area contributed by atoms with E-state index in [0.29, 0.717) is 93.9 Å². The minimum absolute atomic E-state index is 0. The van der Waals surface area contributed by atoms with Crippen molar-refractivity contribution >= 4 is 75.7 Å². The summed E-state index contributed by atoms with van der Waals surface area (Å²) >= 11 is 12.2. The van der Waals surface area contributed by atoms with Crippen molar-refractivity contribution in [1.82, 2.24) is 30.7 Å². The molecule has 0 bridgehead atoms. The van der Waals surface area contributed by atoms with Crippen LogP contribution in [0, 0.1) is 65.4 Å². The smallest absolute Gasteiger partial charge is 0.232 e. The number of hydrogen-bond donors (Lipinski definition) is 6. The lowest BCUT2D eigenvalue weighted by molar-refractivity contribution is -0.122. The molecule has 3 heterocycles. The first-order chi connectivity index (χ1) is 58.0. The van der Waals surface area contributed by atoms with Crippen molar-refractivity contribution in [1.29, 1.82) is 0 Å². The summed E-state index contributed by atoms with van der Waals surface area (Å²) in [5.41, 5.74) is 9.44. The number of carbonyl (C=O) groups is 6. The second-order valence-corrected chi connectivity index (χ2v) is 33.4. The number of benzene rings is 9. The van der Waals surface area contributed by atoms with Gasteiger partial charge in [0, 0.05) is 64.9 Å². The van der Waals surface area contributed by atoms with Gasteiger partial charge in [0.25, 0.3) is 0 Å². The molecule has 6 N–H and O–H groups in total. The molecule has 3 aliphatic rings. The highest BCUT2D eigenvalue weighted by Crippen LogP contribution is 2.38. The summed E-state index contributed by atoms with van der Waals surface area (Å²) in [5, 5.41) is 18.8. The van der Waals surface area contributed by atoms with Crippen LogP contribution in [0.5, 0.6) is 0 Å². The topological polar surface area (TPSA) is 184 Å². The van der Waals surface area contributed by atoms with E-state index in [1.54, 1.807) is 74.5 Å². The van der Waals surface area contributed by atoms with Gasteiger partial charge in [-0.25, -0.2) is 30.7 Å². The summed E-state index contributed by atoms with van der Waals surface area (Å²) in [6.45, 7) is 22.1. The molecule has 3 saturated heterocycles. The van der Waals surface area contributed by atoms with Gasteiger partial charge in [-0.1, -0.05) is 151 Å². The number of carbonyl (C=O) groups excluding carboxylic acids is 6. The Morgan fingerprint density at radius 1 is 0.336 bits per heavy atom. The van der Waals surface area contributed by atoms with Crippen LogP contribution in [0.4, 0.5) is 47.8 Å². The number of halogens is 9. The first-order valence-electron chi connectivity index (χ1n) is 41.9. The molecule has 3 fully saturated rings. The third-order valence-electron chi connectivity index (χ3n) is 22.7. The van der Waals surface area contributed by atoms with Gasteiger partial charge >= 0.3 is 0 Å². The van der Waals surface area contributed by atoms with Crippen LogP contribution in [0.25, 0.3) is 0 Å². The predicted molar refractivity (Wildman–Crippen MR) is 473 cm³/mol. The van der Waals surface area contributed by atoms with Crippen LogP contribution >= 0.6 is 23.2 Å². The minimum Gasteiger partial charge on any atom is -0.355 e. The lowest BCUT2D eigenvalue weighted by Crippen LogP contribution is -2.36. The SMILES string of the molecule is C.CC(C)C(=O)Nc1cc(C2CCN(CCCNC(=O)C(c3ccc(F)cc3)c3ccc(F)cc3)CC2)c(F)cc1F.CC(C)C(=O)Nc1ccc(F)c(C2CCN(CCCNC(=O)C(c3ccc(F)cc3)c3ccc(F)cc3)CC2)c1.Cc1ccc(NC(=O)C(C)C)cc1C1CCN(CCCNC(=O)C(c2ccc(Cl)cc2)c2ccc(Cl)cc2)CC1. The van der Waals surface area contributed by atoms with Crippen molar-refractivity contribution < 1.29 is 59.5 Å². The van der Waals surface area contributed by atoms with Gasteiger partial charge in [0.2, 0.25) is 35.4 Å². The van der Waals surface area contributed by atoms with Crippen LogP contribution in [0.1, 0.15) is 198 Å². The van der Waals surface area contributed by atoms with E-state index in [1.807, 2.05) is 82.3 Å². The van der Waals surface area contributed by atoms with Crippen LogP contribution in [0.15, 0.2) is 194 Å². The molecule has 6 amide bonds. The second kappa shape index (κ2) is 46.9. The van der Waals surface area contributed by atoms with Crippen LogP contribution in [0.3, 0.4) is 0 Å². The average molecular weight is 1720 g/mol. The van der Waals surface area contributed by atoms with Crippen LogP contribution in [0.2, 0.25) is 10.0 Å². The minimum atomic E-state index is -0.791. The number of anilines is 3. The van der Waals surface area contributed by atoms with E-state index in [2.05, 4.69) is 65.7 Å². The molecule has 12 rings (SSSR count). The van der Waals surface area contributed by atoms with Crippen LogP contribution in [-0.2, 0) is 28.8 Å². The quantitative estimate of drug-likeness (QED) is 0.0188. The number of amides is 6. The maximum atomic E-state index is 14.6. The second-order valence-electron chi connectivity index (χ2n) is 32.5. The summed E-state index contributed by atoms with van der Waals surface area (Å²) in [4.78, 5) is 82.9. The largest absolute Gasteiger partial charge is 0.355 e. The molecule has 9 aromatic carbocycles. The Kier molecular flexibility index (Phi) is 36.7. The summed E-state index contributed by atoms with van der Waals surface area (Å²) in [7, 11) is 0. The maximum Gasteiger partial charge on any atom is 0.232 e. The molecule has 0 radical (unpaired) electrons. The van der Waals surface area contributed by atoms with Crippen molar-refractivity contribution in [2.45, 2.75) is 149 Å². The van der Waals surface area contributed by atoms with Gasteiger partial charge in [-0.2, -0.15) is 0 Å². The Morgan fingerprint density at radius 3 is 0.934 bits per heavy atom. The third kappa shape index (κ3) is 28.2. The lowest BCUT2D eigenvalue weighted by atomic mass is 9.86. The predicted octanol–water partition coefficient (Wildman–Crippen LogP) is 20.6. The van der Waals surface area contributed by atoms with Gasteiger partial charge in [-0.3, -0.25) is 28.8 Å². The molecular weight excluding hydrogens is 1600 g/mol. The zero-order chi connectivity index (χ0) is 86.8. The number of likely N-dealkylation sites (tertiary alicyclic amines) is 3. The van der Waals surface area contributed by atoms with Crippen molar-refractivity contribution in [3.63, 3.8) is 0 Å². The van der Waals surface area contributed by atoms with E-state index in [0.717, 1.165) is 120 Å². The fourth-order valence-corrected chi connectivity index (χ4v) is 15.8. The molecule has 0 aromatic heterocycles. The molecular formula is C98H114Cl2F7N9O6. The molecule has 3 aliphatic heterocycles. The molecule has 15 nitrogen and oxygen atoms in total. The Balaban J connectivity index is 0.000000207. The average Bonchev–Trinajstić information content (AvgIpc) is 0.794. The van der Waals surface area contributed by atoms with Crippen molar-refractivity contribution in [2.75, 3.05) is 94.5 Å². The Labute approximate surface area is 723 Å². The van der Waals surface area contributed by atoms with E-state index in [1.165, 1.54) is 71.8 Å². The monoisotopic (exact) mass is 1720 g/mol. The van der Waals surface area contributed by atoms with Gasteiger partial charge in [-0.15, -0.1) is 0 Å². The molecule has 0 saturated carbocycles. The highest BCUT2D eigenvalue weighted by Gasteiger charge is 2.31. The standard InChI is InChI=1S/C33H39Cl2N3O2.C32H35F4N3O2.C32H36F3N3O2.CH4/c1-22(2)32(39)37-29-14-5-23(3)30(21-29)24-15-19-38(20-16-24)18-4-17-36-33(40)31(25-6-10-27(34)11-7-25)26-8-12-28(35)13-9-26;1-20(2)31(40)38-29-18-26(27(35)19-28(29)36)21-12-16-39(17-13-21)15-3-14-37-32(41)30(22-4-8-24(33)9-5-22)23-6-10-25(34)11-7-23;1-21(2)31(39)37-27-12-13-29(35)28(20-27)22-14-18-38(19-15-22)17-3-16-36-32(40)30(23-4-8-25(33)9-5-23)24-6-10-26(34)11-7-24;/h5-14,21-22,24,31H,4,15-20H2,1-3H3,(H,36,40)(H,37,39);4-11,18-21,30H,3,12-17H2,1-2H3,(H,37,41)(H,38,40);4-13,20-22,30H,3,14-19H2,1-2H3,(H,36,40)(H,37,39);1H4. The zero-order valence-electron chi connectivity index (χ0n) is 69.7. The van der Waals surface area contributed by atoms with Crippen molar-refractivity contribution in [2.24, 2.45) is 17.8 Å². The van der Waals surface area contributed by atoms with E-state index < -0.39 is 41.0 Å². The molecule has 122 heavy (non-hydrogen) atoms. The van der Waals surface area contributed by atoms with Gasteiger partial charge < -0.3 is 46.6 Å². The summed E-state index contributed by atoms with van der Waals surface area (Å²) in [6.07, 6.45) is 7.47. The Bertz CT molecular complexity index is 4550. The summed E-state index contributed by atoms with van der Waals surface area (Å²) in [5.74, 6) is -5.96. The highest BCUT2D eigenvalue weighted by molar-refractivity contribution is 6.31. The number of nitrogens with zero attached hydrogens (tertiary/aromatic N) is 3. The van der Waals surface area contributed by atoms with Gasteiger partial charge in [0.1, 0.15) is 40.7 Å². The summed E-state index contributed by atoms with van der Waals surface area (Å²) in [6, 6.07) is 51.1. The number of rotatable bonds is 30. The van der Waals surface area contributed by atoms with Gasteiger partial charge in [0.05, 0.1) is 23.4 Å². The molecule has 0 atom stereocenters. The third-order valence-corrected chi connectivity index (χ3v) is 23.2. The number of piperidine rings is 3. The van der Waals surface area contributed by atoms with Crippen molar-refractivity contribution in [3.05, 3.63) is 301 Å². The first-order valence-corrected chi connectivity index (χ1v) is 42.6. The number of hydrogen-bond acceptors (Lipinski definition) is 9. The molecule has 0 aliphatic carbocycles. The van der Waals surface area contributed by atoms with E-state index >= 15 is 0 Å². The van der Waals surface area contributed by atoms with Crippen molar-refractivity contribution in [3.8, 4) is 0 Å². The molecule has 0 spiro atoms.